The summed E-state index contributed by atoms with van der Waals surface area (Å²) in [7, 11) is 3.86. The van der Waals surface area contributed by atoms with E-state index in [1.165, 1.54) is 18.3 Å². The summed E-state index contributed by atoms with van der Waals surface area (Å²) in [6.45, 7) is 4.40. The molecule has 2 aromatic rings. The molecule has 1 aliphatic heterocycles. The van der Waals surface area contributed by atoms with E-state index >= 15 is 0 Å². The van der Waals surface area contributed by atoms with Crippen molar-refractivity contribution in [1.82, 2.24) is 10.2 Å². The molecule has 0 unspecified atom stereocenters. The maximum Gasteiger partial charge on any atom is 0.270 e. The third-order valence-corrected chi connectivity index (χ3v) is 6.30. The van der Waals surface area contributed by atoms with E-state index in [0.717, 1.165) is 6.07 Å². The number of hydrogen-bond acceptors (Lipinski definition) is 5. The van der Waals surface area contributed by atoms with E-state index in [-0.39, 0.29) is 46.0 Å². The molecule has 0 saturated carbocycles. The minimum Gasteiger partial charge on any atom is -0.349 e. The van der Waals surface area contributed by atoms with E-state index in [9.17, 15) is 18.8 Å². The topological polar surface area (TPSA) is 90.9 Å². The van der Waals surface area contributed by atoms with Crippen LogP contribution in [0.1, 0.15) is 36.2 Å². The maximum absolute atomic E-state index is 13.2. The molecule has 0 radical (unpaired) electrons. The first kappa shape index (κ1) is 26.2. The van der Waals surface area contributed by atoms with Crippen molar-refractivity contribution in [3.05, 3.63) is 75.7 Å². The van der Waals surface area contributed by atoms with Gasteiger partial charge in [0.25, 0.3) is 11.8 Å². The first-order chi connectivity index (χ1) is 16.5. The lowest BCUT2D eigenvalue weighted by Gasteiger charge is -2.32. The number of aliphatic imine (C=N–C) groups is 1. The lowest BCUT2D eigenvalue weighted by Crippen LogP contribution is -2.48. The van der Waals surface area contributed by atoms with Crippen LogP contribution in [0.2, 0.25) is 5.02 Å². The second-order valence-electron chi connectivity index (χ2n) is 9.11. The van der Waals surface area contributed by atoms with Gasteiger partial charge in [-0.2, -0.15) is 0 Å². The van der Waals surface area contributed by atoms with Crippen molar-refractivity contribution in [2.24, 2.45) is 4.99 Å². The maximum atomic E-state index is 13.2. The molecule has 2 aromatic carbocycles. The first-order valence-corrected chi connectivity index (χ1v) is 11.5. The molecule has 0 spiro atoms. The fraction of sp³-hybridized carbons (Fsp3) is 0.308. The lowest BCUT2D eigenvalue weighted by atomic mass is 10.0. The third kappa shape index (κ3) is 6.61. The van der Waals surface area contributed by atoms with Crippen molar-refractivity contribution in [3.8, 4) is 0 Å². The number of Topliss-reactive ketones (excluding diaryl/α,β-unsaturated/α-hetero) is 1. The Morgan fingerprint density at radius 3 is 2.40 bits per heavy atom. The zero-order valence-corrected chi connectivity index (χ0v) is 20.9. The smallest absolute Gasteiger partial charge is 0.270 e. The molecule has 2 amide bonds. The first-order valence-electron chi connectivity index (χ1n) is 11.1. The van der Waals surface area contributed by atoms with Gasteiger partial charge in [-0.1, -0.05) is 23.7 Å². The van der Waals surface area contributed by atoms with Gasteiger partial charge in [-0.3, -0.25) is 19.4 Å². The molecular weight excluding hydrogens is 471 g/mol. The van der Waals surface area contributed by atoms with E-state index in [0.29, 0.717) is 17.8 Å². The Bertz CT molecular complexity index is 1200. The van der Waals surface area contributed by atoms with Gasteiger partial charge in [0.1, 0.15) is 11.5 Å². The van der Waals surface area contributed by atoms with Crippen molar-refractivity contribution in [1.29, 1.82) is 0 Å². The predicted octanol–water partition coefficient (Wildman–Crippen LogP) is 4.03. The molecule has 35 heavy (non-hydrogen) atoms. The zero-order chi connectivity index (χ0) is 25.8. The van der Waals surface area contributed by atoms with E-state index < -0.39 is 17.6 Å². The Morgan fingerprint density at radius 2 is 1.77 bits per heavy atom. The molecule has 0 aromatic heterocycles. The third-order valence-electron chi connectivity index (χ3n) is 5.99. The van der Waals surface area contributed by atoms with E-state index in [4.69, 9.17) is 11.6 Å². The summed E-state index contributed by atoms with van der Waals surface area (Å²) < 4.78 is 13.2. The van der Waals surface area contributed by atoms with Crippen molar-refractivity contribution in [2.75, 3.05) is 26.0 Å². The number of nitrogens with one attached hydrogen (secondary N) is 2. The molecule has 3 rings (SSSR count). The highest BCUT2D eigenvalue weighted by Gasteiger charge is 2.26. The van der Waals surface area contributed by atoms with Crippen LogP contribution < -0.4 is 10.6 Å². The zero-order valence-electron chi connectivity index (χ0n) is 20.1. The van der Waals surface area contributed by atoms with E-state index in [1.807, 2.05) is 32.8 Å². The van der Waals surface area contributed by atoms with Gasteiger partial charge in [-0.05, 0) is 63.8 Å². The Hall–Kier alpha value is -3.36. The summed E-state index contributed by atoms with van der Waals surface area (Å²) in [6, 6.07) is 10.4. The molecule has 0 aliphatic carbocycles. The van der Waals surface area contributed by atoms with Gasteiger partial charge >= 0.3 is 0 Å². The fourth-order valence-electron chi connectivity index (χ4n) is 3.25. The lowest BCUT2D eigenvalue weighted by molar-refractivity contribution is -0.119. The van der Waals surface area contributed by atoms with Gasteiger partial charge in [0.15, 0.2) is 5.78 Å². The molecule has 7 nitrogen and oxygen atoms in total. The number of nitrogens with zero attached hydrogens (tertiary/aromatic N) is 2. The number of halogens is 2. The summed E-state index contributed by atoms with van der Waals surface area (Å²) in [4.78, 5) is 44.1. The SMILES string of the molecule is CN(C)C(C)(C)CNC(=O)C1=C(C(=O)Nc2ccc(CC(=O)c3ccc(F)cc3Cl)cc2)CC=N1. The summed E-state index contributed by atoms with van der Waals surface area (Å²) in [5.74, 6) is -1.56. The summed E-state index contributed by atoms with van der Waals surface area (Å²) >= 11 is 5.97. The van der Waals surface area contributed by atoms with Crippen LogP contribution in [0.5, 0.6) is 0 Å². The van der Waals surface area contributed by atoms with Gasteiger partial charge in [0.2, 0.25) is 0 Å². The molecule has 1 aliphatic rings. The molecule has 0 saturated heterocycles. The van der Waals surface area contributed by atoms with Crippen LogP contribution in [0, 0.1) is 5.82 Å². The number of rotatable bonds is 9. The van der Waals surface area contributed by atoms with E-state index in [1.54, 1.807) is 24.3 Å². The second-order valence-corrected chi connectivity index (χ2v) is 9.51. The Balaban J connectivity index is 1.63. The minimum atomic E-state index is -0.507. The number of anilines is 1. The van der Waals surface area contributed by atoms with Gasteiger partial charge in [-0.25, -0.2) is 4.39 Å². The van der Waals surface area contributed by atoms with Crippen LogP contribution in [-0.4, -0.2) is 54.9 Å². The predicted molar refractivity (Wildman–Crippen MR) is 135 cm³/mol. The molecule has 9 heteroatoms. The van der Waals surface area contributed by atoms with Crippen LogP contribution in [-0.2, 0) is 16.0 Å². The van der Waals surface area contributed by atoms with Crippen LogP contribution in [0.4, 0.5) is 10.1 Å². The Kier molecular flexibility index (Phi) is 8.19. The molecule has 1 heterocycles. The van der Waals surface area contributed by atoms with Crippen molar-refractivity contribution in [2.45, 2.75) is 32.2 Å². The Morgan fingerprint density at radius 1 is 1.09 bits per heavy atom. The second kappa shape index (κ2) is 10.9. The number of hydrogen-bond donors (Lipinski definition) is 2. The monoisotopic (exact) mass is 498 g/mol. The van der Waals surface area contributed by atoms with Crippen LogP contribution in [0.15, 0.2) is 58.7 Å². The van der Waals surface area contributed by atoms with Gasteiger partial charge in [-0.15, -0.1) is 0 Å². The number of benzene rings is 2. The largest absolute Gasteiger partial charge is 0.349 e. The highest BCUT2D eigenvalue weighted by molar-refractivity contribution is 6.34. The molecule has 2 N–H and O–H groups in total. The highest BCUT2D eigenvalue weighted by atomic mass is 35.5. The van der Waals surface area contributed by atoms with Crippen LogP contribution in [0.3, 0.4) is 0 Å². The van der Waals surface area contributed by atoms with Gasteiger partial charge in [0, 0.05) is 42.4 Å². The normalized spacial score (nSPS) is 13.3. The molecule has 0 bridgehead atoms. The average Bonchev–Trinajstić information content (AvgIpc) is 3.29. The standard InChI is InChI=1S/C26H28ClFN4O3/c1-26(2,32(3)4)15-30-25(35)23-20(11-12-29-23)24(34)31-18-8-5-16(6-9-18)13-22(33)19-10-7-17(28)14-21(19)27/h5-10,12,14H,11,13,15H2,1-4H3,(H,30,35)(H,31,34). The van der Waals surface area contributed by atoms with E-state index in [2.05, 4.69) is 15.6 Å². The fourth-order valence-corrected chi connectivity index (χ4v) is 3.52. The average molecular weight is 499 g/mol. The number of carbonyl (C=O) groups excluding carboxylic acids is 3. The number of likely N-dealkylation sites (N-methyl/N-ethyl adjacent to an activating group) is 1. The molecular formula is C26H28ClFN4O3. The number of amides is 2. The number of carbonyl (C=O) groups is 3. The minimum absolute atomic E-state index is 0.0658. The van der Waals surface area contributed by atoms with Crippen molar-refractivity contribution in [3.63, 3.8) is 0 Å². The highest BCUT2D eigenvalue weighted by Crippen LogP contribution is 2.22. The summed E-state index contributed by atoms with van der Waals surface area (Å²) in [5, 5.41) is 5.69. The van der Waals surface area contributed by atoms with Gasteiger partial charge < -0.3 is 15.5 Å². The van der Waals surface area contributed by atoms with Crippen LogP contribution >= 0.6 is 11.6 Å². The molecule has 184 valence electrons. The van der Waals surface area contributed by atoms with Crippen molar-refractivity contribution >= 4 is 41.1 Å². The molecule has 0 fully saturated rings. The van der Waals surface area contributed by atoms with Gasteiger partial charge in [0.05, 0.1) is 10.6 Å². The Labute approximate surface area is 209 Å². The molecule has 0 atom stereocenters. The van der Waals surface area contributed by atoms with Crippen LogP contribution in [0.25, 0.3) is 0 Å². The summed E-state index contributed by atoms with van der Waals surface area (Å²) in [5.41, 5.74) is 1.61. The van der Waals surface area contributed by atoms with Crippen molar-refractivity contribution < 1.29 is 18.8 Å². The number of ketones is 1. The quantitative estimate of drug-likeness (QED) is 0.511. The summed E-state index contributed by atoms with van der Waals surface area (Å²) in [6.07, 6.45) is 1.87.